The summed E-state index contributed by atoms with van der Waals surface area (Å²) in [4.78, 5) is 13.9. The van der Waals surface area contributed by atoms with Gasteiger partial charge in [0.2, 0.25) is 0 Å². The van der Waals surface area contributed by atoms with E-state index in [4.69, 9.17) is 5.26 Å². The second kappa shape index (κ2) is 5.70. The fourth-order valence-electron chi connectivity index (χ4n) is 0.792. The van der Waals surface area contributed by atoms with Crippen LogP contribution in [0.15, 0.2) is 18.3 Å². The van der Waals surface area contributed by atoms with Crippen LogP contribution in [0.25, 0.3) is 0 Å². The average molecular weight is 184 g/mol. The van der Waals surface area contributed by atoms with Gasteiger partial charge in [-0.1, -0.05) is 0 Å². The molecule has 1 aromatic rings. The molecule has 5 heteroatoms. The molecule has 0 aromatic carbocycles. The first-order valence-corrected chi connectivity index (χ1v) is 3.27. The number of nitrogens with zero attached hydrogens (tertiary/aromatic N) is 2. The van der Waals surface area contributed by atoms with Crippen LogP contribution in [-0.2, 0) is 11.2 Å². The molecule has 1 rings (SSSR count). The van der Waals surface area contributed by atoms with Crippen LogP contribution in [0.1, 0.15) is 11.3 Å². The number of hydrogen-bond acceptors (Lipinski definition) is 4. The molecule has 60 valence electrons. The number of rotatable bonds is 2. The fraction of sp³-hybridized carbons (Fsp3) is 0.125. The molecule has 0 saturated heterocycles. The van der Waals surface area contributed by atoms with Crippen LogP contribution in [0, 0.1) is 11.3 Å². The van der Waals surface area contributed by atoms with E-state index in [-0.39, 0.29) is 36.0 Å². The molecule has 4 nitrogen and oxygen atoms in total. The minimum Gasteiger partial charge on any atom is -0.550 e. The molecule has 0 fully saturated rings. The van der Waals surface area contributed by atoms with Crippen LogP contribution in [-0.4, -0.2) is 11.0 Å². The molecule has 0 aliphatic carbocycles. The van der Waals surface area contributed by atoms with Gasteiger partial charge in [0.05, 0.1) is 11.6 Å². The van der Waals surface area contributed by atoms with Crippen molar-refractivity contribution in [3.05, 3.63) is 29.6 Å². The van der Waals surface area contributed by atoms with Crippen molar-refractivity contribution in [1.82, 2.24) is 4.98 Å². The van der Waals surface area contributed by atoms with Gasteiger partial charge in [-0.2, -0.15) is 5.26 Å². The summed E-state index contributed by atoms with van der Waals surface area (Å²) < 4.78 is 0. The summed E-state index contributed by atoms with van der Waals surface area (Å²) in [6.45, 7) is 0. The third-order valence-corrected chi connectivity index (χ3v) is 1.27. The van der Waals surface area contributed by atoms with Gasteiger partial charge in [0.1, 0.15) is 0 Å². The van der Waals surface area contributed by atoms with E-state index in [1.165, 1.54) is 18.3 Å². The first-order chi connectivity index (χ1) is 5.72. The van der Waals surface area contributed by atoms with E-state index in [9.17, 15) is 9.90 Å². The summed E-state index contributed by atoms with van der Waals surface area (Å²) in [5, 5.41) is 18.6. The fourth-order valence-corrected chi connectivity index (χ4v) is 0.792. The first kappa shape index (κ1) is 12.1. The van der Waals surface area contributed by atoms with E-state index >= 15 is 0 Å². The zero-order valence-electron chi connectivity index (χ0n) is 7.15. The zero-order chi connectivity index (χ0) is 8.97. The molecule has 0 aliphatic rings. The largest absolute Gasteiger partial charge is 1.00 e. The predicted molar refractivity (Wildman–Crippen MR) is 37.7 cm³/mol. The molecule has 0 radical (unpaired) electrons. The molecule has 0 aliphatic heterocycles. The van der Waals surface area contributed by atoms with Gasteiger partial charge >= 0.3 is 29.6 Å². The number of carbonyl (C=O) groups is 1. The Morgan fingerprint density at radius 3 is 2.92 bits per heavy atom. The summed E-state index contributed by atoms with van der Waals surface area (Å²) in [6.07, 6.45) is 1.15. The Morgan fingerprint density at radius 2 is 2.38 bits per heavy atom. The minimum absolute atomic E-state index is 0. The maximum atomic E-state index is 10.1. The molecule has 0 saturated carbocycles. The van der Waals surface area contributed by atoms with Crippen LogP contribution in [0.5, 0.6) is 0 Å². The van der Waals surface area contributed by atoms with Gasteiger partial charge in [-0.05, 0) is 12.1 Å². The van der Waals surface area contributed by atoms with Gasteiger partial charge < -0.3 is 9.90 Å². The van der Waals surface area contributed by atoms with Crippen LogP contribution in [0.2, 0.25) is 0 Å². The topological polar surface area (TPSA) is 76.8 Å². The first-order valence-electron chi connectivity index (χ1n) is 3.27. The molecule has 0 spiro atoms. The maximum absolute atomic E-state index is 10.1. The van der Waals surface area contributed by atoms with Crippen LogP contribution >= 0.6 is 0 Å². The average Bonchev–Trinajstić information content (AvgIpc) is 2.03. The molecule has 0 atom stereocenters. The van der Waals surface area contributed by atoms with Crippen molar-refractivity contribution in [2.75, 3.05) is 0 Å². The standard InChI is InChI=1S/C8H6N2O2.Na/c9-5-6-1-2-10-7(3-6)4-8(11)12;/h1-3H,4H2,(H,11,12);/q;+1/p-1. The van der Waals surface area contributed by atoms with E-state index < -0.39 is 5.97 Å². The zero-order valence-corrected chi connectivity index (χ0v) is 9.15. The Bertz CT molecular complexity index is 346. The van der Waals surface area contributed by atoms with Gasteiger partial charge in [0, 0.05) is 24.3 Å². The van der Waals surface area contributed by atoms with Crippen LogP contribution in [0.4, 0.5) is 0 Å². The van der Waals surface area contributed by atoms with Gasteiger partial charge in [-0.15, -0.1) is 0 Å². The van der Waals surface area contributed by atoms with Crippen molar-refractivity contribution in [3.8, 4) is 6.07 Å². The molecule has 1 aromatic heterocycles. The molecular formula is C8H5N2NaO2. The summed E-state index contributed by atoms with van der Waals surface area (Å²) in [5.74, 6) is -1.20. The molecular weight excluding hydrogens is 179 g/mol. The van der Waals surface area contributed by atoms with Gasteiger partial charge in [0.25, 0.3) is 0 Å². The Labute approximate surface area is 97.5 Å². The van der Waals surface area contributed by atoms with Crippen molar-refractivity contribution >= 4 is 5.97 Å². The molecule has 1 heterocycles. The number of carbonyl (C=O) groups excluding carboxylic acids is 1. The maximum Gasteiger partial charge on any atom is 1.00 e. The van der Waals surface area contributed by atoms with E-state index in [0.717, 1.165) is 0 Å². The molecule has 13 heavy (non-hydrogen) atoms. The third kappa shape index (κ3) is 4.04. The second-order valence-corrected chi connectivity index (χ2v) is 2.20. The van der Waals surface area contributed by atoms with Crippen molar-refractivity contribution in [2.45, 2.75) is 6.42 Å². The number of carboxylic acids is 1. The monoisotopic (exact) mass is 184 g/mol. The number of hydrogen-bond donors (Lipinski definition) is 0. The summed E-state index contributed by atoms with van der Waals surface area (Å²) in [5.41, 5.74) is 0.746. The predicted octanol–water partition coefficient (Wildman–Crippen LogP) is -3.75. The van der Waals surface area contributed by atoms with Gasteiger partial charge in [-0.3, -0.25) is 4.98 Å². The van der Waals surface area contributed by atoms with Crippen LogP contribution in [0.3, 0.4) is 0 Å². The van der Waals surface area contributed by atoms with Gasteiger partial charge in [-0.25, -0.2) is 0 Å². The Balaban J connectivity index is 0.00000144. The molecule has 0 unspecified atom stereocenters. The van der Waals surface area contributed by atoms with Crippen molar-refractivity contribution < 1.29 is 39.5 Å². The minimum atomic E-state index is -1.20. The Kier molecular flexibility index (Phi) is 5.31. The molecule has 0 N–H and O–H groups in total. The molecule has 0 amide bonds. The summed E-state index contributed by atoms with van der Waals surface area (Å²) in [6, 6.07) is 4.83. The van der Waals surface area contributed by atoms with Crippen molar-refractivity contribution in [1.29, 1.82) is 5.26 Å². The summed E-state index contributed by atoms with van der Waals surface area (Å²) >= 11 is 0. The smallest absolute Gasteiger partial charge is 0.550 e. The number of carboxylic acid groups (broad SMARTS) is 1. The number of nitriles is 1. The van der Waals surface area contributed by atoms with Crippen molar-refractivity contribution in [3.63, 3.8) is 0 Å². The van der Waals surface area contributed by atoms with Crippen molar-refractivity contribution in [2.24, 2.45) is 0 Å². The number of aliphatic carboxylic acids is 1. The van der Waals surface area contributed by atoms with Gasteiger partial charge in [0.15, 0.2) is 0 Å². The van der Waals surface area contributed by atoms with E-state index in [1.54, 1.807) is 0 Å². The normalized spacial score (nSPS) is 8.23. The quantitative estimate of drug-likeness (QED) is 0.442. The number of pyridine rings is 1. The van der Waals surface area contributed by atoms with Crippen LogP contribution < -0.4 is 34.7 Å². The number of aromatic nitrogens is 1. The SMILES string of the molecule is N#Cc1ccnc(CC(=O)[O-])c1.[Na+]. The molecule has 0 bridgehead atoms. The van der Waals surface area contributed by atoms with E-state index in [2.05, 4.69) is 4.98 Å². The Morgan fingerprint density at radius 1 is 1.69 bits per heavy atom. The summed E-state index contributed by atoms with van der Waals surface area (Å²) in [7, 11) is 0. The second-order valence-electron chi connectivity index (χ2n) is 2.20. The van der Waals surface area contributed by atoms with E-state index in [1.807, 2.05) is 6.07 Å². The van der Waals surface area contributed by atoms with E-state index in [0.29, 0.717) is 11.3 Å². The Hall–Kier alpha value is -0.890. The third-order valence-electron chi connectivity index (χ3n) is 1.27.